The molecular weight excluding hydrogens is 611 g/mol. The van der Waals surface area contributed by atoms with Crippen molar-refractivity contribution < 1.29 is 47.8 Å². The van der Waals surface area contributed by atoms with Crippen molar-refractivity contribution in [2.75, 3.05) is 26.4 Å². The summed E-state index contributed by atoms with van der Waals surface area (Å²) in [6.07, 6.45) is 26.2. The monoisotopic (exact) mass is 680 g/mol. The van der Waals surface area contributed by atoms with Gasteiger partial charge in [0.1, 0.15) is 12.2 Å². The quantitative estimate of drug-likeness (QED) is 0.0337. The Labute approximate surface area is 280 Å². The normalized spacial score (nSPS) is 14.1. The zero-order chi connectivity index (χ0) is 34.1. The molecule has 0 radical (unpaired) electrons. The first-order chi connectivity index (χ1) is 22.3. The van der Waals surface area contributed by atoms with Gasteiger partial charge in [0, 0.05) is 12.8 Å². The average molecular weight is 681 g/mol. The lowest BCUT2D eigenvalue weighted by Gasteiger charge is -2.20. The van der Waals surface area contributed by atoms with Gasteiger partial charge in [0.2, 0.25) is 0 Å². The Bertz CT molecular complexity index is 751. The highest BCUT2D eigenvalue weighted by molar-refractivity contribution is 7.47. The van der Waals surface area contributed by atoms with E-state index in [1.807, 2.05) is 6.92 Å². The molecule has 0 aromatic rings. The number of rotatable bonds is 35. The van der Waals surface area contributed by atoms with Crippen molar-refractivity contribution in [3.05, 3.63) is 0 Å². The topological polar surface area (TPSA) is 149 Å². The maximum atomic E-state index is 12.2. The minimum absolute atomic E-state index is 0.181. The Kier molecular flexibility index (Phi) is 31.8. The molecule has 11 heteroatoms. The van der Waals surface area contributed by atoms with E-state index in [9.17, 15) is 29.3 Å². The van der Waals surface area contributed by atoms with Crippen molar-refractivity contribution in [1.82, 2.24) is 0 Å². The molecule has 46 heavy (non-hydrogen) atoms. The molecule has 0 fully saturated rings. The number of esters is 2. The number of aliphatic hydroxyl groups is 2. The number of ether oxygens (including phenoxy) is 2. The molecule has 0 aromatic heterocycles. The average Bonchev–Trinajstić information content (AvgIpc) is 3.04. The highest BCUT2D eigenvalue weighted by Gasteiger charge is 2.27. The molecular formula is C35H69O10P. The number of phosphoric ester groups is 1. The van der Waals surface area contributed by atoms with Crippen molar-refractivity contribution in [2.45, 2.75) is 187 Å². The lowest BCUT2D eigenvalue weighted by molar-refractivity contribution is -0.153. The van der Waals surface area contributed by atoms with E-state index in [1.54, 1.807) is 0 Å². The van der Waals surface area contributed by atoms with Crippen LogP contribution in [0.25, 0.3) is 0 Å². The summed E-state index contributed by atoms with van der Waals surface area (Å²) < 4.78 is 32.0. The molecule has 10 nitrogen and oxygen atoms in total. The molecule has 0 spiro atoms. The van der Waals surface area contributed by atoms with Crippen LogP contribution in [-0.4, -0.2) is 65.7 Å². The van der Waals surface area contributed by atoms with Gasteiger partial charge in [-0.25, -0.2) is 4.57 Å². The van der Waals surface area contributed by atoms with Crippen LogP contribution in [0.1, 0.15) is 174 Å². The van der Waals surface area contributed by atoms with Crippen LogP contribution in [0.2, 0.25) is 0 Å². The van der Waals surface area contributed by atoms with Gasteiger partial charge in [0.25, 0.3) is 0 Å². The van der Waals surface area contributed by atoms with E-state index in [0.717, 1.165) is 32.1 Å². The van der Waals surface area contributed by atoms with Crippen LogP contribution in [-0.2, 0) is 32.7 Å². The number of phosphoric acid groups is 1. The third-order valence-electron chi connectivity index (χ3n) is 8.07. The first-order valence-electron chi connectivity index (χ1n) is 18.5. The molecule has 0 saturated heterocycles. The van der Waals surface area contributed by atoms with E-state index in [2.05, 4.69) is 6.92 Å². The van der Waals surface area contributed by atoms with Crippen LogP contribution in [0.4, 0.5) is 0 Å². The van der Waals surface area contributed by atoms with Crippen LogP contribution >= 0.6 is 7.82 Å². The number of hydrogen-bond donors (Lipinski definition) is 3. The molecule has 0 aliphatic carbocycles. The van der Waals surface area contributed by atoms with Gasteiger partial charge in [-0.15, -0.1) is 0 Å². The summed E-state index contributed by atoms with van der Waals surface area (Å²) >= 11 is 0. The predicted molar refractivity (Wildman–Crippen MR) is 182 cm³/mol. The number of unbranched alkanes of at least 4 members (excludes halogenated alkanes) is 21. The van der Waals surface area contributed by atoms with Gasteiger partial charge < -0.3 is 24.6 Å². The molecule has 0 rings (SSSR count). The zero-order valence-corrected chi connectivity index (χ0v) is 30.2. The van der Waals surface area contributed by atoms with Crippen LogP contribution in [0.15, 0.2) is 0 Å². The summed E-state index contributed by atoms with van der Waals surface area (Å²) in [6.45, 7) is 2.00. The fraction of sp³-hybridized carbons (Fsp3) is 0.943. The van der Waals surface area contributed by atoms with E-state index in [1.165, 1.54) is 103 Å². The fourth-order valence-electron chi connectivity index (χ4n) is 5.17. The summed E-state index contributed by atoms with van der Waals surface area (Å²) in [5, 5.41) is 18.9. The van der Waals surface area contributed by atoms with Crippen molar-refractivity contribution >= 4 is 19.8 Å². The first kappa shape index (κ1) is 45.0. The Morgan fingerprint density at radius 2 is 0.761 bits per heavy atom. The second-order valence-corrected chi connectivity index (χ2v) is 14.0. The SMILES string of the molecule is CCCCCCCCCCCCCCCCCCCCCCC(=O)OC(CO)COP(=O)(O)OCC(CO)OC(=O)CCCCC. The number of aliphatic hydroxyl groups excluding tert-OH is 2. The van der Waals surface area contributed by atoms with Gasteiger partial charge in [-0.05, 0) is 12.8 Å². The van der Waals surface area contributed by atoms with Crippen molar-refractivity contribution in [1.29, 1.82) is 0 Å². The van der Waals surface area contributed by atoms with Crippen LogP contribution < -0.4 is 0 Å². The van der Waals surface area contributed by atoms with Gasteiger partial charge in [-0.2, -0.15) is 0 Å². The lowest BCUT2D eigenvalue weighted by Crippen LogP contribution is -2.28. The molecule has 274 valence electrons. The molecule has 3 unspecified atom stereocenters. The van der Waals surface area contributed by atoms with Gasteiger partial charge in [0.15, 0.2) is 0 Å². The third-order valence-corrected chi connectivity index (χ3v) is 9.02. The number of carbonyl (C=O) groups is 2. The minimum atomic E-state index is -4.60. The van der Waals surface area contributed by atoms with E-state index < -0.39 is 58.4 Å². The largest absolute Gasteiger partial charge is 0.472 e. The molecule has 3 atom stereocenters. The minimum Gasteiger partial charge on any atom is -0.457 e. The van der Waals surface area contributed by atoms with Crippen molar-refractivity contribution in [3.8, 4) is 0 Å². The van der Waals surface area contributed by atoms with E-state index in [4.69, 9.17) is 18.5 Å². The summed E-state index contributed by atoms with van der Waals surface area (Å²) in [4.78, 5) is 33.8. The fourth-order valence-corrected chi connectivity index (χ4v) is 5.96. The Morgan fingerprint density at radius 1 is 0.500 bits per heavy atom. The van der Waals surface area contributed by atoms with E-state index >= 15 is 0 Å². The molecule has 0 aliphatic heterocycles. The van der Waals surface area contributed by atoms with E-state index in [0.29, 0.717) is 12.8 Å². The Balaban J connectivity index is 3.76. The molecule has 0 heterocycles. The smallest absolute Gasteiger partial charge is 0.457 e. The predicted octanol–water partition coefficient (Wildman–Crippen LogP) is 8.72. The van der Waals surface area contributed by atoms with Crippen molar-refractivity contribution in [2.24, 2.45) is 0 Å². The number of carbonyl (C=O) groups excluding carboxylic acids is 2. The van der Waals surface area contributed by atoms with Gasteiger partial charge >= 0.3 is 19.8 Å². The maximum Gasteiger partial charge on any atom is 0.472 e. The molecule has 0 aliphatic rings. The second kappa shape index (κ2) is 32.5. The Morgan fingerprint density at radius 3 is 1.07 bits per heavy atom. The highest BCUT2D eigenvalue weighted by atomic mass is 31.2. The summed E-state index contributed by atoms with van der Waals surface area (Å²) in [5.74, 6) is -1.04. The van der Waals surface area contributed by atoms with Gasteiger partial charge in [0.05, 0.1) is 26.4 Å². The molecule has 0 saturated carbocycles. The Hall–Kier alpha value is -1.03. The first-order valence-corrected chi connectivity index (χ1v) is 20.0. The molecule has 0 bridgehead atoms. The highest BCUT2D eigenvalue weighted by Crippen LogP contribution is 2.43. The second-order valence-electron chi connectivity index (χ2n) is 12.6. The van der Waals surface area contributed by atoms with Gasteiger partial charge in [-0.1, -0.05) is 149 Å². The van der Waals surface area contributed by atoms with Crippen LogP contribution in [0.3, 0.4) is 0 Å². The van der Waals surface area contributed by atoms with Gasteiger partial charge in [-0.3, -0.25) is 18.6 Å². The third kappa shape index (κ3) is 30.3. The molecule has 0 amide bonds. The summed E-state index contributed by atoms with van der Waals surface area (Å²) in [7, 11) is -4.60. The summed E-state index contributed by atoms with van der Waals surface area (Å²) in [5.41, 5.74) is 0. The zero-order valence-electron chi connectivity index (χ0n) is 29.3. The van der Waals surface area contributed by atoms with Crippen LogP contribution in [0.5, 0.6) is 0 Å². The lowest BCUT2D eigenvalue weighted by atomic mass is 10.0. The van der Waals surface area contributed by atoms with Crippen molar-refractivity contribution in [3.63, 3.8) is 0 Å². The summed E-state index contributed by atoms with van der Waals surface area (Å²) in [6, 6.07) is 0. The molecule has 3 N–H and O–H groups in total. The molecule has 0 aromatic carbocycles. The maximum absolute atomic E-state index is 12.2. The number of hydrogen-bond acceptors (Lipinski definition) is 9. The standard InChI is InChI=1S/C35H69O10P/c1-3-5-7-8-9-10-11-12-13-14-15-16-17-18-19-20-21-22-23-25-27-35(39)45-33(29-37)31-43-46(40,41)42-30-32(28-36)44-34(38)26-24-6-4-2/h32-33,36-37H,3-31H2,1-2H3,(H,40,41). The van der Waals surface area contributed by atoms with Crippen LogP contribution in [0, 0.1) is 0 Å². The van der Waals surface area contributed by atoms with E-state index in [-0.39, 0.29) is 12.8 Å².